The largest absolute Gasteiger partial charge is 0.459 e. The summed E-state index contributed by atoms with van der Waals surface area (Å²) in [6.07, 6.45) is 5.30. The summed E-state index contributed by atoms with van der Waals surface area (Å²) in [6.45, 7) is 11.6. The Morgan fingerprint density at radius 2 is 1.76 bits per heavy atom. The standard InChI is InChI=1S/C29H35ClFN5O2.3ClH/c1-4-34(20-25-26(30)8-5-9-27(25)31)18-22-15-23(17-32-16-22)19-35-11-13-36(14-12-35)28-24(7-6-10-33-28)29(37)38-21(2)3;;;/h5-10,15-17,21H,4,11-14,18-20H2,1-3H3;3*1H. The summed E-state index contributed by atoms with van der Waals surface area (Å²) in [4.78, 5) is 28.2. The minimum absolute atomic E-state index is 0. The average Bonchev–Trinajstić information content (AvgIpc) is 2.90. The third-order valence-corrected chi connectivity index (χ3v) is 6.93. The molecule has 1 aliphatic rings. The van der Waals surface area contributed by atoms with Gasteiger partial charge >= 0.3 is 5.97 Å². The van der Waals surface area contributed by atoms with Crippen molar-refractivity contribution in [1.82, 2.24) is 19.8 Å². The summed E-state index contributed by atoms with van der Waals surface area (Å²) in [6, 6.07) is 10.5. The Balaban J connectivity index is 0.00000280. The molecule has 0 amide bonds. The van der Waals surface area contributed by atoms with Crippen molar-refractivity contribution in [2.75, 3.05) is 37.6 Å². The maximum absolute atomic E-state index is 14.3. The van der Waals surface area contributed by atoms with Gasteiger partial charge in [-0.1, -0.05) is 30.7 Å². The maximum atomic E-state index is 14.3. The van der Waals surface area contributed by atoms with Crippen molar-refractivity contribution in [3.63, 3.8) is 0 Å². The van der Waals surface area contributed by atoms with Crippen LogP contribution in [0.1, 0.15) is 47.8 Å². The first-order valence-corrected chi connectivity index (χ1v) is 13.4. The van der Waals surface area contributed by atoms with Gasteiger partial charge in [-0.2, -0.15) is 0 Å². The second-order valence-corrected chi connectivity index (χ2v) is 10.2. The molecule has 0 N–H and O–H groups in total. The zero-order chi connectivity index (χ0) is 27.1. The van der Waals surface area contributed by atoms with Gasteiger partial charge in [0, 0.05) is 75.0 Å². The van der Waals surface area contributed by atoms with Crippen molar-refractivity contribution in [2.24, 2.45) is 0 Å². The molecule has 0 radical (unpaired) electrons. The number of carbonyl (C=O) groups excluding carboxylic acids is 1. The molecule has 3 heterocycles. The van der Waals surface area contributed by atoms with E-state index >= 15 is 0 Å². The zero-order valence-electron chi connectivity index (χ0n) is 23.5. The van der Waals surface area contributed by atoms with E-state index in [1.165, 1.54) is 6.07 Å². The highest BCUT2D eigenvalue weighted by Gasteiger charge is 2.24. The normalized spacial score (nSPS) is 13.3. The first-order valence-electron chi connectivity index (χ1n) is 13.1. The van der Waals surface area contributed by atoms with Crippen molar-refractivity contribution in [3.05, 3.63) is 88.1 Å². The van der Waals surface area contributed by atoms with Gasteiger partial charge < -0.3 is 9.64 Å². The number of rotatable bonds is 10. The van der Waals surface area contributed by atoms with Crippen LogP contribution in [0.2, 0.25) is 5.02 Å². The summed E-state index contributed by atoms with van der Waals surface area (Å²) in [5.41, 5.74) is 3.24. The van der Waals surface area contributed by atoms with Gasteiger partial charge in [-0.25, -0.2) is 14.2 Å². The van der Waals surface area contributed by atoms with Gasteiger partial charge in [0.1, 0.15) is 17.2 Å². The monoisotopic (exact) mass is 647 g/mol. The summed E-state index contributed by atoms with van der Waals surface area (Å²) in [7, 11) is 0. The van der Waals surface area contributed by atoms with Gasteiger partial charge in [0.15, 0.2) is 0 Å². The summed E-state index contributed by atoms with van der Waals surface area (Å²) in [5, 5.41) is 0.448. The lowest BCUT2D eigenvalue weighted by Gasteiger charge is -2.36. The number of esters is 1. The molecule has 1 saturated heterocycles. The Morgan fingerprint density at radius 3 is 2.41 bits per heavy atom. The van der Waals surface area contributed by atoms with Gasteiger partial charge in [0.05, 0.1) is 6.10 Å². The molecular formula is C29H38Cl4FN5O2. The lowest BCUT2D eigenvalue weighted by molar-refractivity contribution is 0.0378. The number of aromatic nitrogens is 2. The van der Waals surface area contributed by atoms with E-state index in [0.717, 1.165) is 50.4 Å². The van der Waals surface area contributed by atoms with Gasteiger partial charge in [0.25, 0.3) is 0 Å². The number of hydrogen-bond acceptors (Lipinski definition) is 7. The van der Waals surface area contributed by atoms with Crippen molar-refractivity contribution in [1.29, 1.82) is 0 Å². The minimum Gasteiger partial charge on any atom is -0.459 e. The molecule has 1 fully saturated rings. The summed E-state index contributed by atoms with van der Waals surface area (Å²) < 4.78 is 19.7. The first-order chi connectivity index (χ1) is 18.3. The maximum Gasteiger partial charge on any atom is 0.342 e. The number of halogens is 5. The van der Waals surface area contributed by atoms with Crippen LogP contribution in [0.25, 0.3) is 0 Å². The van der Waals surface area contributed by atoms with Crippen molar-refractivity contribution in [3.8, 4) is 0 Å². The second kappa shape index (κ2) is 17.7. The molecule has 0 unspecified atom stereocenters. The highest BCUT2D eigenvalue weighted by molar-refractivity contribution is 6.31. The van der Waals surface area contributed by atoms with E-state index in [9.17, 15) is 9.18 Å². The summed E-state index contributed by atoms with van der Waals surface area (Å²) >= 11 is 6.25. The molecule has 226 valence electrons. The third kappa shape index (κ3) is 10.2. The lowest BCUT2D eigenvalue weighted by Crippen LogP contribution is -2.46. The number of nitrogens with zero attached hydrogens (tertiary/aromatic N) is 5. The number of carbonyl (C=O) groups is 1. The highest BCUT2D eigenvalue weighted by Crippen LogP contribution is 2.23. The quantitative estimate of drug-likeness (QED) is 0.234. The Hall–Kier alpha value is -2.20. The molecule has 0 spiro atoms. The van der Waals surface area contributed by atoms with E-state index in [2.05, 4.69) is 37.7 Å². The predicted octanol–water partition coefficient (Wildman–Crippen LogP) is 6.44. The molecule has 1 aliphatic heterocycles. The molecule has 3 aromatic rings. The Kier molecular flexibility index (Phi) is 15.9. The minimum atomic E-state index is -0.341. The fourth-order valence-corrected chi connectivity index (χ4v) is 4.84. The lowest BCUT2D eigenvalue weighted by atomic mass is 10.1. The number of pyridine rings is 2. The molecule has 0 bridgehead atoms. The number of ether oxygens (including phenoxy) is 1. The number of anilines is 1. The van der Waals surface area contributed by atoms with Crippen LogP contribution in [0.5, 0.6) is 0 Å². The molecule has 0 saturated carbocycles. The second-order valence-electron chi connectivity index (χ2n) is 9.80. The summed E-state index contributed by atoms with van der Waals surface area (Å²) in [5.74, 6) is 0.0551. The van der Waals surface area contributed by atoms with Crippen LogP contribution in [0, 0.1) is 5.82 Å². The van der Waals surface area contributed by atoms with Crippen LogP contribution >= 0.6 is 48.8 Å². The molecule has 0 atom stereocenters. The molecule has 0 aliphatic carbocycles. The SMILES string of the molecule is CCN(Cc1cncc(CN2CCN(c3ncccc3C(=O)OC(C)C)CC2)c1)Cc1c(F)cccc1Cl.Cl.Cl.Cl. The zero-order valence-corrected chi connectivity index (χ0v) is 26.7. The van der Waals surface area contributed by atoms with Gasteiger partial charge in [0.2, 0.25) is 0 Å². The predicted molar refractivity (Wildman–Crippen MR) is 169 cm³/mol. The van der Waals surface area contributed by atoms with E-state index in [1.807, 2.05) is 26.2 Å². The number of piperazine rings is 1. The Labute approximate surface area is 265 Å². The van der Waals surface area contributed by atoms with Crippen LogP contribution in [-0.2, 0) is 24.4 Å². The smallest absolute Gasteiger partial charge is 0.342 e. The van der Waals surface area contributed by atoms with Gasteiger partial charge in [-0.15, -0.1) is 37.2 Å². The van der Waals surface area contributed by atoms with Crippen LogP contribution in [-0.4, -0.2) is 64.6 Å². The van der Waals surface area contributed by atoms with Gasteiger partial charge in [-0.3, -0.25) is 14.8 Å². The van der Waals surface area contributed by atoms with E-state index in [1.54, 1.807) is 30.5 Å². The topological polar surface area (TPSA) is 61.8 Å². The van der Waals surface area contributed by atoms with Crippen LogP contribution in [0.4, 0.5) is 10.2 Å². The highest BCUT2D eigenvalue weighted by atomic mass is 35.5. The van der Waals surface area contributed by atoms with Crippen LogP contribution in [0.3, 0.4) is 0 Å². The van der Waals surface area contributed by atoms with Crippen molar-refractivity contribution in [2.45, 2.75) is 46.5 Å². The molecule has 4 rings (SSSR count). The van der Waals surface area contributed by atoms with Crippen LogP contribution in [0.15, 0.2) is 55.0 Å². The Morgan fingerprint density at radius 1 is 1.05 bits per heavy atom. The number of benzene rings is 1. The molecule has 2 aromatic heterocycles. The molecule has 1 aromatic carbocycles. The van der Waals surface area contributed by atoms with Crippen LogP contribution < -0.4 is 4.90 Å². The molecule has 41 heavy (non-hydrogen) atoms. The first kappa shape index (κ1) is 36.8. The molecule has 7 nitrogen and oxygen atoms in total. The molecular weight excluding hydrogens is 611 g/mol. The van der Waals surface area contributed by atoms with Gasteiger partial charge in [-0.05, 0) is 55.8 Å². The van der Waals surface area contributed by atoms with E-state index in [-0.39, 0.29) is 55.1 Å². The van der Waals surface area contributed by atoms with E-state index in [4.69, 9.17) is 16.3 Å². The average molecular weight is 649 g/mol. The fraction of sp³-hybridized carbons (Fsp3) is 0.414. The fourth-order valence-electron chi connectivity index (χ4n) is 4.62. The van der Waals surface area contributed by atoms with Crippen molar-refractivity contribution < 1.29 is 13.9 Å². The number of hydrogen-bond donors (Lipinski definition) is 0. The third-order valence-electron chi connectivity index (χ3n) is 6.58. The van der Waals surface area contributed by atoms with E-state index < -0.39 is 0 Å². The molecule has 12 heteroatoms. The Bertz CT molecular complexity index is 1230. The van der Waals surface area contributed by atoms with E-state index in [0.29, 0.717) is 35.1 Å². The van der Waals surface area contributed by atoms with Crippen molar-refractivity contribution >= 4 is 60.6 Å².